The van der Waals surface area contributed by atoms with E-state index in [1.807, 2.05) is 30.6 Å². The Bertz CT molecular complexity index is 3470. The molecular formula is C53H31N3. The molecule has 1 unspecified atom stereocenters. The van der Waals surface area contributed by atoms with Crippen LogP contribution in [0, 0.1) is 0 Å². The van der Waals surface area contributed by atoms with Crippen LogP contribution in [0.15, 0.2) is 176 Å². The van der Waals surface area contributed by atoms with Crippen LogP contribution in [0.1, 0.15) is 33.4 Å². The van der Waals surface area contributed by atoms with Gasteiger partial charge in [-0.2, -0.15) is 0 Å². The predicted octanol–water partition coefficient (Wildman–Crippen LogP) is 13.0. The van der Waals surface area contributed by atoms with E-state index in [0.29, 0.717) is 0 Å². The van der Waals surface area contributed by atoms with Crippen LogP contribution in [-0.4, -0.2) is 14.5 Å². The summed E-state index contributed by atoms with van der Waals surface area (Å²) in [6, 6.07) is 60.6. The van der Waals surface area contributed by atoms with Crippen molar-refractivity contribution in [3.8, 4) is 28.1 Å². The van der Waals surface area contributed by atoms with Gasteiger partial charge in [0.25, 0.3) is 0 Å². The average molecular weight is 710 g/mol. The summed E-state index contributed by atoms with van der Waals surface area (Å²) in [5, 5.41) is 10.1. The lowest BCUT2D eigenvalue weighted by atomic mass is 9.65. The smallest absolute Gasteiger partial charge is 0.146 e. The summed E-state index contributed by atoms with van der Waals surface area (Å²) in [5.74, 6) is 0.862. The third-order valence-electron chi connectivity index (χ3n) is 12.6. The Morgan fingerprint density at radius 2 is 1.21 bits per heavy atom. The predicted molar refractivity (Wildman–Crippen MR) is 232 cm³/mol. The van der Waals surface area contributed by atoms with Crippen LogP contribution in [0.25, 0.3) is 94.5 Å². The molecular weight excluding hydrogens is 679 g/mol. The van der Waals surface area contributed by atoms with E-state index in [9.17, 15) is 0 Å². The molecule has 11 aromatic rings. The van der Waals surface area contributed by atoms with Crippen LogP contribution >= 0.6 is 0 Å². The molecule has 0 fully saturated rings. The summed E-state index contributed by atoms with van der Waals surface area (Å²) in [7, 11) is 0. The molecule has 3 aromatic heterocycles. The summed E-state index contributed by atoms with van der Waals surface area (Å²) in [5.41, 5.74) is 14.0. The molecule has 258 valence electrons. The molecule has 0 bridgehead atoms. The van der Waals surface area contributed by atoms with Gasteiger partial charge in [0, 0.05) is 28.7 Å². The first kappa shape index (κ1) is 30.0. The van der Waals surface area contributed by atoms with E-state index < -0.39 is 5.41 Å². The lowest BCUT2D eigenvalue weighted by Crippen LogP contribution is -2.30. The van der Waals surface area contributed by atoms with Crippen LogP contribution in [0.4, 0.5) is 0 Å². The maximum atomic E-state index is 5.19. The first-order valence-electron chi connectivity index (χ1n) is 19.3. The Kier molecular flexibility index (Phi) is 5.83. The maximum Gasteiger partial charge on any atom is 0.146 e. The fourth-order valence-corrected chi connectivity index (χ4v) is 10.4. The average Bonchev–Trinajstić information content (AvgIpc) is 3.69. The minimum atomic E-state index is -0.561. The van der Waals surface area contributed by atoms with Crippen molar-refractivity contribution >= 4 is 66.4 Å². The van der Waals surface area contributed by atoms with E-state index in [1.54, 1.807) is 0 Å². The van der Waals surface area contributed by atoms with Gasteiger partial charge < -0.3 is 0 Å². The van der Waals surface area contributed by atoms with Gasteiger partial charge in [0.15, 0.2) is 0 Å². The summed E-state index contributed by atoms with van der Waals surface area (Å²) in [6.07, 6.45) is 8.51. The molecule has 0 saturated heterocycles. The van der Waals surface area contributed by atoms with E-state index in [0.717, 1.165) is 38.9 Å². The van der Waals surface area contributed by atoms with Crippen LogP contribution in [-0.2, 0) is 5.41 Å². The standard InChI is InChI=1S/C53H31N3/c1-4-15-43-32(10-1)19-20-33-21-23-36(38-28-42-39-13-3-6-17-47(39)56(52(42)55-31-38)48-18-7-8-27-54-48)29-45(33)53(43)44-16-5-2-14-40(44)51-41-26-25-35-12-9-11-34-22-24-37(30-46(51)53)50(41)49(34)35/h1-31H. The van der Waals surface area contributed by atoms with Crippen molar-refractivity contribution in [2.75, 3.05) is 0 Å². The maximum absolute atomic E-state index is 5.19. The summed E-state index contributed by atoms with van der Waals surface area (Å²) < 4.78 is 2.17. The molecule has 0 saturated carbocycles. The SMILES string of the molecule is C1=Cc2ccc(-c3cnc4c(c3)c3ccccc3n4-c3ccccn3)cc2C2(c3ccccc31)c1ccccc1-c1c2cc2ccc3cccc4ccc1c2c34. The van der Waals surface area contributed by atoms with Crippen molar-refractivity contribution in [2.24, 2.45) is 0 Å². The Morgan fingerprint density at radius 1 is 0.446 bits per heavy atom. The molecule has 3 heterocycles. The zero-order valence-corrected chi connectivity index (χ0v) is 30.2. The zero-order valence-electron chi connectivity index (χ0n) is 30.2. The molecule has 1 spiro atoms. The molecule has 3 heteroatoms. The fraction of sp³-hybridized carbons (Fsp3) is 0.0189. The van der Waals surface area contributed by atoms with Gasteiger partial charge in [0.05, 0.1) is 10.9 Å². The fourth-order valence-electron chi connectivity index (χ4n) is 10.4. The summed E-state index contributed by atoms with van der Waals surface area (Å²) in [6.45, 7) is 0. The number of hydrogen-bond donors (Lipinski definition) is 0. The number of aromatic nitrogens is 3. The monoisotopic (exact) mass is 709 g/mol. The highest BCUT2D eigenvalue weighted by atomic mass is 15.1. The van der Waals surface area contributed by atoms with E-state index >= 15 is 0 Å². The van der Waals surface area contributed by atoms with E-state index in [4.69, 9.17) is 9.97 Å². The molecule has 2 aliphatic rings. The van der Waals surface area contributed by atoms with Crippen molar-refractivity contribution < 1.29 is 0 Å². The van der Waals surface area contributed by atoms with E-state index in [-0.39, 0.29) is 0 Å². The lowest BCUT2D eigenvalue weighted by molar-refractivity contribution is 0.768. The molecule has 0 aliphatic heterocycles. The Balaban J connectivity index is 1.12. The van der Waals surface area contributed by atoms with Crippen LogP contribution < -0.4 is 0 Å². The number of pyridine rings is 2. The molecule has 0 amide bonds. The number of fused-ring (bicyclic) bond motifs is 13. The minimum absolute atomic E-state index is 0.561. The highest BCUT2D eigenvalue weighted by molar-refractivity contribution is 6.27. The summed E-state index contributed by atoms with van der Waals surface area (Å²) >= 11 is 0. The molecule has 56 heavy (non-hydrogen) atoms. The normalized spacial score (nSPS) is 15.5. The second-order valence-corrected chi connectivity index (χ2v) is 15.3. The van der Waals surface area contributed by atoms with Gasteiger partial charge in [0.1, 0.15) is 11.5 Å². The second-order valence-electron chi connectivity index (χ2n) is 15.3. The molecule has 2 aliphatic carbocycles. The van der Waals surface area contributed by atoms with Gasteiger partial charge in [0.2, 0.25) is 0 Å². The highest BCUT2D eigenvalue weighted by Crippen LogP contribution is 2.61. The summed E-state index contributed by atoms with van der Waals surface area (Å²) in [4.78, 5) is 9.90. The number of hydrogen-bond acceptors (Lipinski definition) is 2. The third kappa shape index (κ3) is 3.76. The Hall–Kier alpha value is -7.36. The first-order chi connectivity index (χ1) is 27.8. The van der Waals surface area contributed by atoms with Crippen molar-refractivity contribution in [1.29, 1.82) is 0 Å². The van der Waals surface area contributed by atoms with Gasteiger partial charge in [-0.1, -0.05) is 140 Å². The van der Waals surface area contributed by atoms with Crippen molar-refractivity contribution in [3.63, 3.8) is 0 Å². The highest BCUT2D eigenvalue weighted by Gasteiger charge is 2.49. The van der Waals surface area contributed by atoms with Gasteiger partial charge in [-0.15, -0.1) is 0 Å². The number of para-hydroxylation sites is 1. The molecule has 3 nitrogen and oxygen atoms in total. The van der Waals surface area contributed by atoms with Crippen molar-refractivity contribution in [3.05, 3.63) is 210 Å². The number of rotatable bonds is 2. The molecule has 0 radical (unpaired) electrons. The largest absolute Gasteiger partial charge is 0.278 e. The van der Waals surface area contributed by atoms with Gasteiger partial charge >= 0.3 is 0 Å². The first-order valence-corrected chi connectivity index (χ1v) is 19.3. The van der Waals surface area contributed by atoms with E-state index in [1.165, 1.54) is 76.8 Å². The number of benzene rings is 8. The molecule has 13 rings (SSSR count). The Morgan fingerprint density at radius 3 is 2.11 bits per heavy atom. The van der Waals surface area contributed by atoms with E-state index in [2.05, 4.69) is 162 Å². The van der Waals surface area contributed by atoms with Crippen molar-refractivity contribution in [1.82, 2.24) is 14.5 Å². The Labute approximate surface area is 322 Å². The lowest BCUT2D eigenvalue weighted by Gasteiger charge is -2.36. The molecule has 0 N–H and O–H groups in total. The second kappa shape index (κ2) is 10.9. The van der Waals surface area contributed by atoms with Crippen LogP contribution in [0.2, 0.25) is 0 Å². The van der Waals surface area contributed by atoms with Crippen molar-refractivity contribution in [2.45, 2.75) is 5.41 Å². The van der Waals surface area contributed by atoms with Gasteiger partial charge in [-0.05, 0) is 119 Å². The quantitative estimate of drug-likeness (QED) is 0.167. The molecule has 1 atom stereocenters. The topological polar surface area (TPSA) is 30.7 Å². The third-order valence-corrected chi connectivity index (χ3v) is 12.6. The van der Waals surface area contributed by atoms with Gasteiger partial charge in [-0.3, -0.25) is 4.57 Å². The number of nitrogens with zero attached hydrogens (tertiary/aromatic N) is 3. The van der Waals surface area contributed by atoms with Gasteiger partial charge in [-0.25, -0.2) is 9.97 Å². The van der Waals surface area contributed by atoms with Crippen LogP contribution in [0.5, 0.6) is 0 Å². The minimum Gasteiger partial charge on any atom is -0.278 e. The zero-order chi connectivity index (χ0) is 36.5. The van der Waals surface area contributed by atoms with Crippen LogP contribution in [0.3, 0.4) is 0 Å². The molecule has 8 aromatic carbocycles.